The van der Waals surface area contributed by atoms with E-state index in [2.05, 4.69) is 10.6 Å². The molecule has 8 heteroatoms. The molecule has 0 saturated heterocycles. The van der Waals surface area contributed by atoms with Gasteiger partial charge in [0.2, 0.25) is 5.91 Å². The van der Waals surface area contributed by atoms with Crippen molar-refractivity contribution >= 4 is 35.1 Å². The molecule has 2 rings (SSSR count). The number of aromatic carboxylic acids is 1. The zero-order valence-corrected chi connectivity index (χ0v) is 15.1. The van der Waals surface area contributed by atoms with Crippen LogP contribution < -0.4 is 10.6 Å². The molecule has 2 amide bonds. The molecule has 7 nitrogen and oxygen atoms in total. The molecular formula is C18H19ClN2O5. The summed E-state index contributed by atoms with van der Waals surface area (Å²) in [6.45, 7) is 3.60. The summed E-state index contributed by atoms with van der Waals surface area (Å²) in [6, 6.07) is 6.38. The van der Waals surface area contributed by atoms with Gasteiger partial charge in [0.25, 0.3) is 5.91 Å². The highest BCUT2D eigenvalue weighted by atomic mass is 35.5. The van der Waals surface area contributed by atoms with E-state index in [1.807, 2.05) is 0 Å². The van der Waals surface area contributed by atoms with Gasteiger partial charge < -0.3 is 20.2 Å². The zero-order chi connectivity index (χ0) is 19.3. The van der Waals surface area contributed by atoms with Crippen molar-refractivity contribution in [2.75, 3.05) is 11.9 Å². The summed E-state index contributed by atoms with van der Waals surface area (Å²) in [5.41, 5.74) is 1.33. The lowest BCUT2D eigenvalue weighted by Crippen LogP contribution is -2.27. The van der Waals surface area contributed by atoms with Gasteiger partial charge >= 0.3 is 5.97 Å². The Labute approximate surface area is 155 Å². The molecule has 1 heterocycles. The highest BCUT2D eigenvalue weighted by molar-refractivity contribution is 6.31. The second kappa shape index (κ2) is 8.53. The van der Waals surface area contributed by atoms with Crippen molar-refractivity contribution in [2.24, 2.45) is 0 Å². The van der Waals surface area contributed by atoms with Crippen molar-refractivity contribution in [1.29, 1.82) is 0 Å². The second-order valence-electron chi connectivity index (χ2n) is 5.57. The second-order valence-corrected chi connectivity index (χ2v) is 5.98. The lowest BCUT2D eigenvalue weighted by Gasteiger charge is -2.09. The largest absolute Gasteiger partial charge is 0.478 e. The average Bonchev–Trinajstić information content (AvgIpc) is 3.03. The smallest absolute Gasteiger partial charge is 0.339 e. The number of hydrogen-bond donors (Lipinski definition) is 3. The minimum Gasteiger partial charge on any atom is -0.478 e. The van der Waals surface area contributed by atoms with Gasteiger partial charge in [-0.05, 0) is 24.6 Å². The van der Waals surface area contributed by atoms with Crippen LogP contribution in [0, 0.1) is 6.92 Å². The summed E-state index contributed by atoms with van der Waals surface area (Å²) >= 11 is 6.00. The molecule has 0 aliphatic rings. The number of rotatable bonds is 7. The van der Waals surface area contributed by atoms with Crippen LogP contribution >= 0.6 is 11.6 Å². The van der Waals surface area contributed by atoms with E-state index in [4.69, 9.17) is 21.1 Å². The lowest BCUT2D eigenvalue weighted by atomic mass is 10.2. The van der Waals surface area contributed by atoms with Crippen molar-refractivity contribution in [2.45, 2.75) is 26.7 Å². The van der Waals surface area contributed by atoms with E-state index < -0.39 is 11.9 Å². The molecule has 0 atom stereocenters. The first-order valence-corrected chi connectivity index (χ1v) is 8.40. The number of aryl methyl sites for hydroxylation is 1. The summed E-state index contributed by atoms with van der Waals surface area (Å²) in [6.07, 6.45) is 0.404. The highest BCUT2D eigenvalue weighted by Crippen LogP contribution is 2.23. The molecule has 2 aromatic rings. The molecule has 0 fully saturated rings. The van der Waals surface area contributed by atoms with Crippen molar-refractivity contribution in [3.8, 4) is 0 Å². The van der Waals surface area contributed by atoms with Crippen LogP contribution in [0.25, 0.3) is 0 Å². The fraction of sp³-hybridized carbons (Fsp3) is 0.278. The predicted molar refractivity (Wildman–Crippen MR) is 96.8 cm³/mol. The number of carbonyl (C=O) groups is 3. The minimum atomic E-state index is -1.15. The fourth-order valence-corrected chi connectivity index (χ4v) is 2.49. The van der Waals surface area contributed by atoms with E-state index >= 15 is 0 Å². The maximum absolute atomic E-state index is 12.0. The Morgan fingerprint density at radius 1 is 1.27 bits per heavy atom. The number of nitrogens with one attached hydrogen (secondary N) is 2. The van der Waals surface area contributed by atoms with Gasteiger partial charge in [-0.1, -0.05) is 24.6 Å². The molecule has 0 aliphatic carbocycles. The summed E-state index contributed by atoms with van der Waals surface area (Å²) in [7, 11) is 0. The number of carboxylic acid groups (broad SMARTS) is 1. The molecule has 0 radical (unpaired) electrons. The third-order valence-electron chi connectivity index (χ3n) is 3.76. The highest BCUT2D eigenvalue weighted by Gasteiger charge is 2.20. The Kier molecular flexibility index (Phi) is 6.41. The molecule has 0 aliphatic heterocycles. The van der Waals surface area contributed by atoms with E-state index in [0.717, 1.165) is 5.56 Å². The molecule has 1 aromatic heterocycles. The molecule has 0 bridgehead atoms. The number of furan rings is 1. The Morgan fingerprint density at radius 3 is 2.62 bits per heavy atom. The number of carbonyl (C=O) groups excluding carboxylic acids is 2. The summed E-state index contributed by atoms with van der Waals surface area (Å²) in [4.78, 5) is 35.1. The standard InChI is InChI=1S/C18H19ClN2O5/c1-3-14-11(18(24)25)9-15(26-14)17(23)20-8-7-16(22)21-13-6-4-5-12(19)10(13)2/h4-6,9H,3,7-8H2,1-2H3,(H,20,23)(H,21,22)(H,24,25). The third kappa shape index (κ3) is 4.64. The van der Waals surface area contributed by atoms with Crippen LogP contribution in [0.15, 0.2) is 28.7 Å². The Balaban J connectivity index is 1.89. The molecule has 0 saturated carbocycles. The third-order valence-corrected chi connectivity index (χ3v) is 4.17. The van der Waals surface area contributed by atoms with Crippen LogP contribution in [0.1, 0.15) is 45.6 Å². The normalized spacial score (nSPS) is 10.4. The minimum absolute atomic E-state index is 0.0353. The summed E-state index contributed by atoms with van der Waals surface area (Å²) in [5, 5.41) is 14.9. The van der Waals surface area contributed by atoms with E-state index in [-0.39, 0.29) is 36.0 Å². The number of anilines is 1. The van der Waals surface area contributed by atoms with E-state index in [0.29, 0.717) is 17.1 Å². The average molecular weight is 379 g/mol. The SMILES string of the molecule is CCc1oc(C(=O)NCCC(=O)Nc2cccc(Cl)c2C)cc1C(=O)O. The predicted octanol–water partition coefficient (Wildman–Crippen LogP) is 3.26. The van der Waals surface area contributed by atoms with Crippen molar-refractivity contribution < 1.29 is 23.9 Å². The van der Waals surface area contributed by atoms with Crippen LogP contribution in [-0.4, -0.2) is 29.4 Å². The topological polar surface area (TPSA) is 109 Å². The molecule has 26 heavy (non-hydrogen) atoms. The molecule has 3 N–H and O–H groups in total. The molecular weight excluding hydrogens is 360 g/mol. The van der Waals surface area contributed by atoms with Crippen LogP contribution in [0.4, 0.5) is 5.69 Å². The van der Waals surface area contributed by atoms with Gasteiger partial charge in [-0.3, -0.25) is 9.59 Å². The van der Waals surface area contributed by atoms with Gasteiger partial charge in [0.15, 0.2) is 5.76 Å². The van der Waals surface area contributed by atoms with Gasteiger partial charge in [-0.25, -0.2) is 4.79 Å². The number of benzene rings is 1. The fourth-order valence-electron chi connectivity index (χ4n) is 2.32. The quantitative estimate of drug-likeness (QED) is 0.685. The lowest BCUT2D eigenvalue weighted by molar-refractivity contribution is -0.116. The summed E-state index contributed by atoms with van der Waals surface area (Å²) in [5.74, 6) is -1.86. The van der Waals surface area contributed by atoms with Gasteiger partial charge in [0.05, 0.1) is 0 Å². The van der Waals surface area contributed by atoms with Crippen molar-refractivity contribution in [1.82, 2.24) is 5.32 Å². The first kappa shape index (κ1) is 19.5. The maximum atomic E-state index is 12.0. The Hall–Kier alpha value is -2.80. The maximum Gasteiger partial charge on any atom is 0.339 e. The number of hydrogen-bond acceptors (Lipinski definition) is 4. The van der Waals surface area contributed by atoms with Crippen molar-refractivity contribution in [3.05, 3.63) is 51.9 Å². The first-order chi connectivity index (χ1) is 12.3. The van der Waals surface area contributed by atoms with Gasteiger partial charge in [0, 0.05) is 36.2 Å². The molecule has 0 spiro atoms. The number of halogens is 1. The monoisotopic (exact) mass is 378 g/mol. The van der Waals surface area contributed by atoms with E-state index in [1.54, 1.807) is 32.0 Å². The van der Waals surface area contributed by atoms with E-state index in [1.165, 1.54) is 6.07 Å². The molecule has 1 aromatic carbocycles. The first-order valence-electron chi connectivity index (χ1n) is 8.02. The summed E-state index contributed by atoms with van der Waals surface area (Å²) < 4.78 is 5.26. The van der Waals surface area contributed by atoms with Gasteiger partial charge in [-0.15, -0.1) is 0 Å². The van der Waals surface area contributed by atoms with Crippen LogP contribution in [0.5, 0.6) is 0 Å². The number of amides is 2. The molecule has 138 valence electrons. The van der Waals surface area contributed by atoms with Crippen LogP contribution in [-0.2, 0) is 11.2 Å². The van der Waals surface area contributed by atoms with E-state index in [9.17, 15) is 14.4 Å². The van der Waals surface area contributed by atoms with Crippen LogP contribution in [0.2, 0.25) is 5.02 Å². The molecule has 0 unspecified atom stereocenters. The van der Waals surface area contributed by atoms with Crippen molar-refractivity contribution in [3.63, 3.8) is 0 Å². The van der Waals surface area contributed by atoms with Gasteiger partial charge in [0.1, 0.15) is 11.3 Å². The Bertz CT molecular complexity index is 844. The zero-order valence-electron chi connectivity index (χ0n) is 14.4. The number of carboxylic acids is 1. The van der Waals surface area contributed by atoms with Gasteiger partial charge in [-0.2, -0.15) is 0 Å². The Morgan fingerprint density at radius 2 is 2.00 bits per heavy atom. The van der Waals surface area contributed by atoms with Crippen LogP contribution in [0.3, 0.4) is 0 Å².